The molecule has 9 heavy (non-hydrogen) atoms. The monoisotopic (exact) mass is 135 g/mol. The molecule has 1 saturated heterocycles. The maximum absolute atomic E-state index is 12.0. The average molecular weight is 135 g/mol. The molecule has 1 aliphatic rings. The highest BCUT2D eigenvalue weighted by Gasteiger charge is 2.45. The van der Waals surface area contributed by atoms with Gasteiger partial charge in [0.1, 0.15) is 5.60 Å². The second-order valence-corrected chi connectivity index (χ2v) is 2.12. The van der Waals surface area contributed by atoms with Crippen LogP contribution in [-0.2, 0) is 4.74 Å². The van der Waals surface area contributed by atoms with Crippen LogP contribution in [0.25, 0.3) is 0 Å². The lowest BCUT2D eigenvalue weighted by molar-refractivity contribution is -0.173. The molecule has 0 amide bonds. The topological polar surface area (TPSA) is 9.23 Å². The van der Waals surface area contributed by atoms with Crippen LogP contribution in [0.15, 0.2) is 0 Å². The molecule has 0 aliphatic carbocycles. The molecule has 0 aromatic rings. The molecule has 0 bridgehead atoms. The highest BCUT2D eigenvalue weighted by molar-refractivity contribution is 5.03. The molecule has 0 spiro atoms. The Hall–Kier alpha value is -0.180. The first-order valence-electron chi connectivity index (χ1n) is 2.98. The molecular formula is C6H9F2O. The van der Waals surface area contributed by atoms with Crippen molar-refractivity contribution in [2.75, 3.05) is 6.61 Å². The van der Waals surface area contributed by atoms with Gasteiger partial charge in [0, 0.05) is 6.42 Å². The molecule has 0 saturated carbocycles. The van der Waals surface area contributed by atoms with Crippen molar-refractivity contribution in [1.82, 2.24) is 0 Å². The summed E-state index contributed by atoms with van der Waals surface area (Å²) in [5, 5.41) is 0. The molecule has 3 heteroatoms. The first kappa shape index (κ1) is 6.93. The zero-order valence-electron chi connectivity index (χ0n) is 5.23. The lowest BCUT2D eigenvalue weighted by Gasteiger charge is -2.39. The minimum Gasteiger partial charge on any atom is -0.368 e. The van der Waals surface area contributed by atoms with Crippen LogP contribution in [0.2, 0.25) is 0 Å². The number of hydrogen-bond acceptors (Lipinski definition) is 1. The normalized spacial score (nSPS) is 34.7. The average Bonchev–Trinajstić information content (AvgIpc) is 1.62. The summed E-state index contributed by atoms with van der Waals surface area (Å²) in [5.74, 6) is 0. The van der Waals surface area contributed by atoms with Gasteiger partial charge in [-0.05, 0) is 6.42 Å². The first-order chi connectivity index (χ1) is 4.21. The standard InChI is InChI=1S/C6H9F2O/c1-2-6(5(7)8)3-4-9-6/h3,5H,2,4H2,1H3. The van der Waals surface area contributed by atoms with E-state index in [0.717, 1.165) is 0 Å². The SMILES string of the molecule is CCC1(C(F)F)[CH]CO1. The van der Waals surface area contributed by atoms with Crippen molar-refractivity contribution in [3.05, 3.63) is 6.42 Å². The molecular weight excluding hydrogens is 126 g/mol. The number of rotatable bonds is 2. The van der Waals surface area contributed by atoms with Gasteiger partial charge in [-0.3, -0.25) is 0 Å². The van der Waals surface area contributed by atoms with Crippen LogP contribution in [0.3, 0.4) is 0 Å². The quantitative estimate of drug-likeness (QED) is 0.559. The zero-order chi connectivity index (χ0) is 6.91. The molecule has 1 nitrogen and oxygen atoms in total. The minimum atomic E-state index is -2.36. The van der Waals surface area contributed by atoms with E-state index in [1.54, 1.807) is 6.92 Å². The van der Waals surface area contributed by atoms with Gasteiger partial charge in [0.2, 0.25) is 0 Å². The number of ether oxygens (including phenoxy) is 1. The molecule has 53 valence electrons. The van der Waals surface area contributed by atoms with Gasteiger partial charge in [-0.25, -0.2) is 8.78 Å². The van der Waals surface area contributed by atoms with Gasteiger partial charge in [0.05, 0.1) is 6.61 Å². The van der Waals surface area contributed by atoms with E-state index in [1.807, 2.05) is 0 Å². The van der Waals surface area contributed by atoms with Gasteiger partial charge in [-0.2, -0.15) is 0 Å². The lowest BCUT2D eigenvalue weighted by atomic mass is 9.92. The Morgan fingerprint density at radius 3 is 2.33 bits per heavy atom. The highest BCUT2D eigenvalue weighted by Crippen LogP contribution is 2.34. The molecule has 1 fully saturated rings. The van der Waals surface area contributed by atoms with Crippen LogP contribution in [-0.4, -0.2) is 18.6 Å². The zero-order valence-corrected chi connectivity index (χ0v) is 5.23. The van der Waals surface area contributed by atoms with E-state index in [4.69, 9.17) is 4.74 Å². The number of hydrogen-bond donors (Lipinski definition) is 0. The van der Waals surface area contributed by atoms with Crippen LogP contribution >= 0.6 is 0 Å². The second kappa shape index (κ2) is 2.21. The van der Waals surface area contributed by atoms with Gasteiger partial charge >= 0.3 is 0 Å². The third-order valence-corrected chi connectivity index (χ3v) is 1.70. The van der Waals surface area contributed by atoms with Crippen molar-refractivity contribution >= 4 is 0 Å². The third-order valence-electron chi connectivity index (χ3n) is 1.70. The summed E-state index contributed by atoms with van der Waals surface area (Å²) in [6.07, 6.45) is -0.473. The molecule has 0 N–H and O–H groups in total. The van der Waals surface area contributed by atoms with E-state index >= 15 is 0 Å². The highest BCUT2D eigenvalue weighted by atomic mass is 19.3. The fourth-order valence-corrected chi connectivity index (χ4v) is 0.850. The summed E-state index contributed by atoms with van der Waals surface area (Å²) in [7, 11) is 0. The predicted octanol–water partition coefficient (Wildman–Crippen LogP) is 1.63. The van der Waals surface area contributed by atoms with Gasteiger partial charge in [-0.15, -0.1) is 0 Å². The fourth-order valence-electron chi connectivity index (χ4n) is 0.850. The third kappa shape index (κ3) is 0.936. The predicted molar refractivity (Wildman–Crippen MR) is 29.3 cm³/mol. The Kier molecular flexibility index (Phi) is 1.70. The summed E-state index contributed by atoms with van der Waals surface area (Å²) in [6.45, 7) is 2.07. The van der Waals surface area contributed by atoms with Gasteiger partial charge < -0.3 is 4.74 Å². The largest absolute Gasteiger partial charge is 0.368 e. The van der Waals surface area contributed by atoms with E-state index in [0.29, 0.717) is 13.0 Å². The van der Waals surface area contributed by atoms with Crippen LogP contribution in [0, 0.1) is 6.42 Å². The molecule has 0 aromatic carbocycles. The maximum Gasteiger partial charge on any atom is 0.267 e. The van der Waals surface area contributed by atoms with Crippen molar-refractivity contribution in [2.45, 2.75) is 25.4 Å². The molecule has 1 unspecified atom stereocenters. The molecule has 1 heterocycles. The van der Waals surface area contributed by atoms with E-state index in [-0.39, 0.29) is 0 Å². The smallest absolute Gasteiger partial charge is 0.267 e. The van der Waals surface area contributed by atoms with E-state index in [1.165, 1.54) is 6.42 Å². The minimum absolute atomic E-state index is 0.366. The van der Waals surface area contributed by atoms with Gasteiger partial charge in [0.15, 0.2) is 0 Å². The first-order valence-corrected chi connectivity index (χ1v) is 2.98. The lowest BCUT2D eigenvalue weighted by Crippen LogP contribution is -2.50. The molecule has 1 aliphatic heterocycles. The van der Waals surface area contributed by atoms with E-state index in [2.05, 4.69) is 0 Å². The summed E-state index contributed by atoms with van der Waals surface area (Å²) < 4.78 is 28.7. The number of alkyl halides is 2. The summed E-state index contributed by atoms with van der Waals surface area (Å²) in [5.41, 5.74) is -1.19. The Labute approximate surface area is 53.0 Å². The van der Waals surface area contributed by atoms with Crippen LogP contribution in [0.1, 0.15) is 13.3 Å². The Morgan fingerprint density at radius 2 is 2.33 bits per heavy atom. The summed E-state index contributed by atoms with van der Waals surface area (Å²) in [6, 6.07) is 0. The van der Waals surface area contributed by atoms with Crippen molar-refractivity contribution in [1.29, 1.82) is 0 Å². The van der Waals surface area contributed by atoms with Crippen molar-refractivity contribution < 1.29 is 13.5 Å². The van der Waals surface area contributed by atoms with Crippen molar-refractivity contribution in [3.8, 4) is 0 Å². The van der Waals surface area contributed by atoms with E-state index in [9.17, 15) is 8.78 Å². The Morgan fingerprint density at radius 1 is 1.78 bits per heavy atom. The Balaban J connectivity index is 2.46. The van der Waals surface area contributed by atoms with Crippen LogP contribution < -0.4 is 0 Å². The van der Waals surface area contributed by atoms with Crippen molar-refractivity contribution in [3.63, 3.8) is 0 Å². The van der Waals surface area contributed by atoms with Crippen LogP contribution in [0.5, 0.6) is 0 Å². The maximum atomic E-state index is 12.0. The summed E-state index contributed by atoms with van der Waals surface area (Å²) >= 11 is 0. The summed E-state index contributed by atoms with van der Waals surface area (Å²) in [4.78, 5) is 0. The van der Waals surface area contributed by atoms with Crippen molar-refractivity contribution in [2.24, 2.45) is 0 Å². The Bertz CT molecular complexity index is 93.7. The van der Waals surface area contributed by atoms with Gasteiger partial charge in [0.25, 0.3) is 6.43 Å². The molecule has 1 atom stereocenters. The molecule has 0 aromatic heterocycles. The molecule has 1 rings (SSSR count). The van der Waals surface area contributed by atoms with Crippen LogP contribution in [0.4, 0.5) is 8.78 Å². The molecule has 1 radical (unpaired) electrons. The number of halogens is 2. The fraction of sp³-hybridized carbons (Fsp3) is 0.833. The second-order valence-electron chi connectivity index (χ2n) is 2.12. The van der Waals surface area contributed by atoms with E-state index < -0.39 is 12.0 Å². The van der Waals surface area contributed by atoms with Gasteiger partial charge in [-0.1, -0.05) is 6.92 Å².